The first-order valence-electron chi connectivity index (χ1n) is 8.52. The number of hydrogen-bond donors (Lipinski definition) is 1. The van der Waals surface area contributed by atoms with Gasteiger partial charge in [0.15, 0.2) is 0 Å². The smallest absolute Gasteiger partial charge is 0.131 e. The number of fused-ring (bicyclic) bond motifs is 3. The lowest BCUT2D eigenvalue weighted by Gasteiger charge is -2.37. The molecule has 2 aliphatic heterocycles. The molecule has 3 atom stereocenters. The number of benzene rings is 2. The van der Waals surface area contributed by atoms with E-state index in [4.69, 9.17) is 4.74 Å². The lowest BCUT2D eigenvalue weighted by Crippen LogP contribution is -2.30. The quantitative estimate of drug-likeness (QED) is 0.804. The Kier molecular flexibility index (Phi) is 3.80. The van der Waals surface area contributed by atoms with Crippen molar-refractivity contribution in [3.05, 3.63) is 64.7 Å². The van der Waals surface area contributed by atoms with Crippen LogP contribution in [0.2, 0.25) is 0 Å². The molecule has 2 nitrogen and oxygen atoms in total. The number of hydrogen-bond acceptors (Lipinski definition) is 2. The SMILES string of the molecule is CC(C)c1ccc2c(c1)C1OCCC1C(c1c(F)cccc1F)N2. The molecule has 0 aromatic heterocycles. The molecule has 0 amide bonds. The Morgan fingerprint density at radius 1 is 1.12 bits per heavy atom. The molecule has 4 heteroatoms. The molecule has 1 saturated heterocycles. The molecular weight excluding hydrogens is 308 g/mol. The third-order valence-corrected chi connectivity index (χ3v) is 5.24. The summed E-state index contributed by atoms with van der Waals surface area (Å²) in [5.41, 5.74) is 3.39. The summed E-state index contributed by atoms with van der Waals surface area (Å²) in [6, 6.07) is 9.89. The van der Waals surface area contributed by atoms with Gasteiger partial charge in [-0.2, -0.15) is 0 Å². The van der Waals surface area contributed by atoms with E-state index in [2.05, 4.69) is 31.3 Å². The van der Waals surface area contributed by atoms with Gasteiger partial charge in [0.25, 0.3) is 0 Å². The monoisotopic (exact) mass is 329 g/mol. The highest BCUT2D eigenvalue weighted by Gasteiger charge is 2.43. The van der Waals surface area contributed by atoms with Crippen LogP contribution in [0.5, 0.6) is 0 Å². The van der Waals surface area contributed by atoms with Gasteiger partial charge >= 0.3 is 0 Å². The summed E-state index contributed by atoms with van der Waals surface area (Å²) >= 11 is 0. The molecule has 1 fully saturated rings. The summed E-state index contributed by atoms with van der Waals surface area (Å²) in [7, 11) is 0. The van der Waals surface area contributed by atoms with E-state index in [1.54, 1.807) is 0 Å². The van der Waals surface area contributed by atoms with Crippen molar-refractivity contribution in [2.24, 2.45) is 5.92 Å². The Balaban J connectivity index is 1.81. The van der Waals surface area contributed by atoms with Gasteiger partial charge in [0.2, 0.25) is 0 Å². The van der Waals surface area contributed by atoms with Crippen LogP contribution in [0.4, 0.5) is 14.5 Å². The maximum absolute atomic E-state index is 14.3. The Hall–Kier alpha value is -1.94. The Morgan fingerprint density at radius 2 is 1.88 bits per heavy atom. The zero-order chi connectivity index (χ0) is 16.8. The van der Waals surface area contributed by atoms with Gasteiger partial charge in [0.05, 0.1) is 12.1 Å². The van der Waals surface area contributed by atoms with Crippen LogP contribution in [0.3, 0.4) is 0 Å². The lowest BCUT2D eigenvalue weighted by molar-refractivity contribution is 0.0822. The fourth-order valence-corrected chi connectivity index (χ4v) is 3.94. The minimum atomic E-state index is -0.500. The first-order chi connectivity index (χ1) is 11.6. The molecule has 2 heterocycles. The van der Waals surface area contributed by atoms with Gasteiger partial charge in [-0.1, -0.05) is 32.0 Å². The molecule has 2 aromatic carbocycles. The van der Waals surface area contributed by atoms with E-state index >= 15 is 0 Å². The van der Waals surface area contributed by atoms with Crippen molar-refractivity contribution in [3.8, 4) is 0 Å². The Labute approximate surface area is 140 Å². The highest BCUT2D eigenvalue weighted by Crippen LogP contribution is 2.51. The molecule has 0 bridgehead atoms. The van der Waals surface area contributed by atoms with E-state index in [-0.39, 0.29) is 17.6 Å². The first kappa shape index (κ1) is 15.6. The van der Waals surface area contributed by atoms with Gasteiger partial charge < -0.3 is 10.1 Å². The molecule has 0 radical (unpaired) electrons. The number of anilines is 1. The van der Waals surface area contributed by atoms with Gasteiger partial charge in [0.1, 0.15) is 11.6 Å². The molecule has 126 valence electrons. The average Bonchev–Trinajstić information content (AvgIpc) is 3.04. The van der Waals surface area contributed by atoms with Crippen molar-refractivity contribution in [2.45, 2.75) is 38.3 Å². The molecule has 4 rings (SSSR count). The molecular formula is C20H21F2NO. The van der Waals surface area contributed by atoms with Crippen molar-refractivity contribution >= 4 is 5.69 Å². The summed E-state index contributed by atoms with van der Waals surface area (Å²) in [4.78, 5) is 0. The van der Waals surface area contributed by atoms with Crippen molar-refractivity contribution < 1.29 is 13.5 Å². The van der Waals surface area contributed by atoms with Crippen LogP contribution in [0.25, 0.3) is 0 Å². The zero-order valence-electron chi connectivity index (χ0n) is 13.9. The summed E-state index contributed by atoms with van der Waals surface area (Å²) in [6.07, 6.45) is 0.686. The van der Waals surface area contributed by atoms with Gasteiger partial charge in [0, 0.05) is 29.3 Å². The van der Waals surface area contributed by atoms with E-state index in [9.17, 15) is 8.78 Å². The summed E-state index contributed by atoms with van der Waals surface area (Å²) in [5, 5.41) is 3.37. The standard InChI is InChI=1S/C20H21F2NO/c1-11(2)12-6-7-17-14(10-12)20-13(8-9-24-20)19(23-17)18-15(21)4-3-5-16(18)22/h3-7,10-11,13,19-20,23H,8-9H2,1-2H3. The minimum absolute atomic E-state index is 0.0336. The third kappa shape index (κ3) is 2.40. The van der Waals surface area contributed by atoms with E-state index in [0.717, 1.165) is 17.7 Å². The second-order valence-electron chi connectivity index (χ2n) is 7.00. The topological polar surface area (TPSA) is 21.3 Å². The fraction of sp³-hybridized carbons (Fsp3) is 0.400. The molecule has 0 spiro atoms. The molecule has 1 N–H and O–H groups in total. The maximum Gasteiger partial charge on any atom is 0.131 e. The minimum Gasteiger partial charge on any atom is -0.377 e. The van der Waals surface area contributed by atoms with E-state index < -0.39 is 17.7 Å². The first-order valence-corrected chi connectivity index (χ1v) is 8.52. The summed E-state index contributed by atoms with van der Waals surface area (Å²) in [5.74, 6) is -0.538. The second kappa shape index (κ2) is 5.85. The van der Waals surface area contributed by atoms with Gasteiger partial charge in [-0.3, -0.25) is 0 Å². The molecule has 2 aliphatic rings. The molecule has 24 heavy (non-hydrogen) atoms. The Bertz CT molecular complexity index is 754. The second-order valence-corrected chi connectivity index (χ2v) is 7.00. The molecule has 0 saturated carbocycles. The summed E-state index contributed by atoms with van der Waals surface area (Å²) < 4.78 is 34.6. The highest BCUT2D eigenvalue weighted by atomic mass is 19.1. The van der Waals surface area contributed by atoms with E-state index in [1.807, 2.05) is 6.07 Å². The number of rotatable bonds is 2. The Morgan fingerprint density at radius 3 is 2.58 bits per heavy atom. The van der Waals surface area contributed by atoms with Crippen LogP contribution in [0.1, 0.15) is 55.0 Å². The number of nitrogens with one attached hydrogen (secondary N) is 1. The number of halogens is 2. The van der Waals surface area contributed by atoms with Crippen LogP contribution in [-0.4, -0.2) is 6.61 Å². The predicted molar refractivity (Wildman–Crippen MR) is 90.1 cm³/mol. The zero-order valence-corrected chi connectivity index (χ0v) is 13.9. The van der Waals surface area contributed by atoms with E-state index in [1.165, 1.54) is 23.8 Å². The molecule has 3 unspecified atom stereocenters. The van der Waals surface area contributed by atoms with Crippen molar-refractivity contribution in [3.63, 3.8) is 0 Å². The molecule has 2 aromatic rings. The van der Waals surface area contributed by atoms with Crippen LogP contribution in [0, 0.1) is 17.6 Å². The predicted octanol–water partition coefficient (Wildman–Crippen LogP) is 5.33. The third-order valence-electron chi connectivity index (χ3n) is 5.24. The van der Waals surface area contributed by atoms with Crippen molar-refractivity contribution in [1.82, 2.24) is 0 Å². The normalized spacial score (nSPS) is 25.3. The van der Waals surface area contributed by atoms with Crippen LogP contribution in [-0.2, 0) is 4.74 Å². The maximum atomic E-state index is 14.3. The van der Waals surface area contributed by atoms with Crippen LogP contribution in [0.15, 0.2) is 36.4 Å². The van der Waals surface area contributed by atoms with Gasteiger partial charge in [-0.15, -0.1) is 0 Å². The lowest BCUT2D eigenvalue weighted by atomic mass is 9.80. The summed E-state index contributed by atoms with van der Waals surface area (Å²) in [6.45, 7) is 4.93. The van der Waals surface area contributed by atoms with E-state index in [0.29, 0.717) is 12.5 Å². The van der Waals surface area contributed by atoms with Crippen LogP contribution >= 0.6 is 0 Å². The largest absolute Gasteiger partial charge is 0.377 e. The van der Waals surface area contributed by atoms with Crippen molar-refractivity contribution in [1.29, 1.82) is 0 Å². The molecule has 0 aliphatic carbocycles. The van der Waals surface area contributed by atoms with Crippen LogP contribution < -0.4 is 5.32 Å². The van der Waals surface area contributed by atoms with Gasteiger partial charge in [-0.05, 0) is 36.1 Å². The highest BCUT2D eigenvalue weighted by molar-refractivity contribution is 5.59. The fourth-order valence-electron chi connectivity index (χ4n) is 3.94. The average molecular weight is 329 g/mol. The van der Waals surface area contributed by atoms with Gasteiger partial charge in [-0.25, -0.2) is 8.78 Å². The van der Waals surface area contributed by atoms with Crippen molar-refractivity contribution in [2.75, 3.05) is 11.9 Å². The number of ether oxygens (including phenoxy) is 1.